The summed E-state index contributed by atoms with van der Waals surface area (Å²) in [5, 5.41) is 9.55. The second-order valence-corrected chi connectivity index (χ2v) is 5.28. The van der Waals surface area contributed by atoms with Crippen LogP contribution >= 0.6 is 15.9 Å². The van der Waals surface area contributed by atoms with Crippen LogP contribution in [0.25, 0.3) is 0 Å². The highest BCUT2D eigenvalue weighted by atomic mass is 79.9. The zero-order chi connectivity index (χ0) is 15.6. The van der Waals surface area contributed by atoms with Crippen LogP contribution < -0.4 is 14.8 Å². The van der Waals surface area contributed by atoms with Gasteiger partial charge in [-0.1, -0.05) is 0 Å². The molecule has 0 aliphatic rings. The number of rotatable bonds is 4. The van der Waals surface area contributed by atoms with Gasteiger partial charge >= 0.3 is 0 Å². The van der Waals surface area contributed by atoms with Crippen molar-refractivity contribution >= 4 is 27.5 Å². The minimum absolute atomic E-state index is 0.304. The fourth-order valence-electron chi connectivity index (χ4n) is 1.86. The fraction of sp³-hybridized carbons (Fsp3) is 0.286. The zero-order valence-electron chi connectivity index (χ0n) is 12.2. The third-order valence-corrected chi connectivity index (χ3v) is 4.04. The number of benzene rings is 1. The molecule has 2 rings (SSSR count). The quantitative estimate of drug-likeness (QED) is 0.885. The van der Waals surface area contributed by atoms with E-state index in [0.717, 1.165) is 11.3 Å². The Hall–Kier alpha value is -2.02. The summed E-state index contributed by atoms with van der Waals surface area (Å²) in [7, 11) is 3.12. The first-order valence-corrected chi connectivity index (χ1v) is 7.01. The lowest BCUT2D eigenvalue weighted by molar-refractivity contribution is 0.102. The lowest BCUT2D eigenvalue weighted by atomic mass is 10.1. The molecular weight excluding hydrogens is 338 g/mol. The van der Waals surface area contributed by atoms with Gasteiger partial charge in [0.05, 0.1) is 18.7 Å². The van der Waals surface area contributed by atoms with E-state index in [4.69, 9.17) is 9.47 Å². The van der Waals surface area contributed by atoms with Crippen molar-refractivity contribution in [2.45, 2.75) is 13.8 Å². The Morgan fingerprint density at radius 1 is 1.24 bits per heavy atom. The molecule has 112 valence electrons. The van der Waals surface area contributed by atoms with Crippen molar-refractivity contribution in [3.63, 3.8) is 0 Å². The summed E-state index contributed by atoms with van der Waals surface area (Å²) < 4.78 is 11.1. The van der Waals surface area contributed by atoms with E-state index in [2.05, 4.69) is 31.4 Å². The molecule has 6 nitrogen and oxygen atoms in total. The van der Waals surface area contributed by atoms with Crippen molar-refractivity contribution in [1.82, 2.24) is 10.2 Å². The number of ether oxygens (including phenoxy) is 2. The molecule has 1 amide bonds. The number of carbonyl (C=O) groups excluding carboxylic acids is 1. The Balaban J connectivity index is 2.31. The summed E-state index contributed by atoms with van der Waals surface area (Å²) in [4.78, 5) is 12.3. The molecule has 2 aromatic rings. The maximum atomic E-state index is 12.3. The average molecular weight is 354 g/mol. The van der Waals surface area contributed by atoms with E-state index >= 15 is 0 Å². The van der Waals surface area contributed by atoms with Gasteiger partial charge in [0.1, 0.15) is 0 Å². The molecule has 7 heteroatoms. The Morgan fingerprint density at radius 3 is 2.38 bits per heavy atom. The van der Waals surface area contributed by atoms with Crippen molar-refractivity contribution in [2.24, 2.45) is 0 Å². The van der Waals surface area contributed by atoms with Gasteiger partial charge < -0.3 is 14.8 Å². The molecule has 0 radical (unpaired) electrons. The largest absolute Gasteiger partial charge is 0.493 e. The third-order valence-electron chi connectivity index (χ3n) is 3.07. The SMILES string of the molecule is COc1cc(C)c(NC(=O)c2n[nH]c(C)c2Br)cc1OC. The number of aromatic nitrogens is 2. The first-order valence-electron chi connectivity index (χ1n) is 6.22. The van der Waals surface area contributed by atoms with Crippen LogP contribution in [0.3, 0.4) is 0 Å². The molecule has 1 heterocycles. The summed E-state index contributed by atoms with van der Waals surface area (Å²) in [6, 6.07) is 3.53. The van der Waals surface area contributed by atoms with Crippen LogP contribution in [0.4, 0.5) is 5.69 Å². The van der Waals surface area contributed by atoms with Crippen molar-refractivity contribution in [1.29, 1.82) is 0 Å². The van der Waals surface area contributed by atoms with E-state index in [1.807, 2.05) is 13.8 Å². The van der Waals surface area contributed by atoms with Gasteiger partial charge in [0, 0.05) is 17.4 Å². The molecular formula is C14H16BrN3O3. The van der Waals surface area contributed by atoms with Gasteiger partial charge in [0.15, 0.2) is 17.2 Å². The van der Waals surface area contributed by atoms with Gasteiger partial charge in [0.2, 0.25) is 0 Å². The van der Waals surface area contributed by atoms with Crippen LogP contribution in [0.5, 0.6) is 11.5 Å². The minimum atomic E-state index is -0.304. The number of halogens is 1. The highest BCUT2D eigenvalue weighted by Crippen LogP contribution is 2.33. The predicted molar refractivity (Wildman–Crippen MR) is 83.3 cm³/mol. The monoisotopic (exact) mass is 353 g/mol. The topological polar surface area (TPSA) is 76.2 Å². The maximum absolute atomic E-state index is 12.3. The number of nitrogens with zero attached hydrogens (tertiary/aromatic N) is 1. The second kappa shape index (κ2) is 6.17. The van der Waals surface area contributed by atoms with Crippen molar-refractivity contribution in [3.05, 3.63) is 33.6 Å². The van der Waals surface area contributed by atoms with Crippen LogP contribution in [-0.2, 0) is 0 Å². The van der Waals surface area contributed by atoms with Gasteiger partial charge in [-0.05, 0) is 41.4 Å². The Kier molecular flexibility index (Phi) is 4.52. The summed E-state index contributed by atoms with van der Waals surface area (Å²) in [6.07, 6.45) is 0. The van der Waals surface area contributed by atoms with Gasteiger partial charge in [-0.2, -0.15) is 5.10 Å². The van der Waals surface area contributed by atoms with Gasteiger partial charge in [-0.3, -0.25) is 9.89 Å². The normalized spacial score (nSPS) is 10.3. The van der Waals surface area contributed by atoms with Crippen LogP contribution in [0.1, 0.15) is 21.7 Å². The maximum Gasteiger partial charge on any atom is 0.277 e. The number of nitrogens with one attached hydrogen (secondary N) is 2. The van der Waals surface area contributed by atoms with E-state index in [9.17, 15) is 4.79 Å². The number of carbonyl (C=O) groups is 1. The Morgan fingerprint density at radius 2 is 1.86 bits per heavy atom. The molecule has 2 N–H and O–H groups in total. The molecule has 21 heavy (non-hydrogen) atoms. The van der Waals surface area contributed by atoms with Gasteiger partial charge in [-0.15, -0.1) is 0 Å². The third kappa shape index (κ3) is 3.02. The van der Waals surface area contributed by atoms with E-state index < -0.39 is 0 Å². The highest BCUT2D eigenvalue weighted by molar-refractivity contribution is 9.10. The van der Waals surface area contributed by atoms with Crippen molar-refractivity contribution < 1.29 is 14.3 Å². The molecule has 1 aromatic carbocycles. The number of anilines is 1. The van der Waals surface area contributed by atoms with E-state index in [0.29, 0.717) is 27.4 Å². The minimum Gasteiger partial charge on any atom is -0.493 e. The lowest BCUT2D eigenvalue weighted by Gasteiger charge is -2.13. The first kappa shape index (κ1) is 15.4. The summed E-state index contributed by atoms with van der Waals surface area (Å²) in [5.74, 6) is 0.863. The number of H-pyrrole nitrogens is 1. The molecule has 0 spiro atoms. The molecule has 0 atom stereocenters. The Bertz CT molecular complexity index is 682. The Labute approximate surface area is 131 Å². The summed E-state index contributed by atoms with van der Waals surface area (Å²) >= 11 is 3.33. The average Bonchev–Trinajstić information content (AvgIpc) is 2.80. The number of hydrogen-bond donors (Lipinski definition) is 2. The van der Waals surface area contributed by atoms with E-state index in [1.54, 1.807) is 26.4 Å². The zero-order valence-corrected chi connectivity index (χ0v) is 13.8. The predicted octanol–water partition coefficient (Wildman–Crippen LogP) is 3.06. The highest BCUT2D eigenvalue weighted by Gasteiger charge is 2.17. The molecule has 0 aliphatic heterocycles. The molecule has 0 saturated heterocycles. The summed E-state index contributed by atoms with van der Waals surface area (Å²) in [6.45, 7) is 3.71. The van der Waals surface area contributed by atoms with Gasteiger partial charge in [0.25, 0.3) is 5.91 Å². The van der Waals surface area contributed by atoms with Crippen molar-refractivity contribution in [2.75, 3.05) is 19.5 Å². The van der Waals surface area contributed by atoms with Crippen LogP contribution in [-0.4, -0.2) is 30.3 Å². The molecule has 0 unspecified atom stereocenters. The lowest BCUT2D eigenvalue weighted by Crippen LogP contribution is -2.14. The standard InChI is InChI=1S/C14H16BrN3O3/c1-7-5-10(20-3)11(21-4)6-9(7)16-14(19)13-12(15)8(2)17-18-13/h5-6H,1-4H3,(H,16,19)(H,17,18). The summed E-state index contributed by atoms with van der Waals surface area (Å²) in [5.41, 5.74) is 2.61. The van der Waals surface area contributed by atoms with E-state index in [1.165, 1.54) is 0 Å². The molecule has 0 fully saturated rings. The number of amides is 1. The smallest absolute Gasteiger partial charge is 0.277 e. The number of hydrogen-bond acceptors (Lipinski definition) is 4. The van der Waals surface area contributed by atoms with Crippen LogP contribution in [0.15, 0.2) is 16.6 Å². The van der Waals surface area contributed by atoms with Crippen LogP contribution in [0.2, 0.25) is 0 Å². The van der Waals surface area contributed by atoms with Crippen LogP contribution in [0, 0.1) is 13.8 Å². The molecule has 0 aliphatic carbocycles. The molecule has 1 aromatic heterocycles. The molecule has 0 saturated carbocycles. The second-order valence-electron chi connectivity index (χ2n) is 4.49. The fourth-order valence-corrected chi connectivity index (χ4v) is 2.22. The van der Waals surface area contributed by atoms with E-state index in [-0.39, 0.29) is 5.91 Å². The first-order chi connectivity index (χ1) is 9.97. The van der Waals surface area contributed by atoms with Crippen molar-refractivity contribution in [3.8, 4) is 11.5 Å². The molecule has 0 bridgehead atoms. The van der Waals surface area contributed by atoms with Gasteiger partial charge in [-0.25, -0.2) is 0 Å². The number of aromatic amines is 1. The number of methoxy groups -OCH3 is 2. The number of aryl methyl sites for hydroxylation is 2.